The molecule has 6 heteroatoms. The zero-order valence-corrected chi connectivity index (χ0v) is 12.1. The van der Waals surface area contributed by atoms with E-state index in [-0.39, 0.29) is 23.6 Å². The number of carbonyl (C=O) groups is 2. The number of aliphatic carboxylic acids is 1. The summed E-state index contributed by atoms with van der Waals surface area (Å²) in [6.07, 6.45) is 1.02. The van der Waals surface area contributed by atoms with Gasteiger partial charge >= 0.3 is 5.97 Å². The number of allylic oxidation sites excluding steroid dienone is 1. The van der Waals surface area contributed by atoms with Gasteiger partial charge in [-0.2, -0.15) is 0 Å². The van der Waals surface area contributed by atoms with Crippen LogP contribution in [0.2, 0.25) is 0 Å². The van der Waals surface area contributed by atoms with Crippen LogP contribution in [0.3, 0.4) is 0 Å². The van der Waals surface area contributed by atoms with Crippen LogP contribution < -0.4 is 5.32 Å². The van der Waals surface area contributed by atoms with Crippen molar-refractivity contribution in [1.82, 2.24) is 0 Å². The van der Waals surface area contributed by atoms with Gasteiger partial charge in [-0.15, -0.1) is 0 Å². The van der Waals surface area contributed by atoms with Crippen molar-refractivity contribution in [1.29, 1.82) is 0 Å². The Hall–Kier alpha value is -3.28. The quantitative estimate of drug-likeness (QED) is 0.371. The highest BCUT2D eigenvalue weighted by Gasteiger charge is 2.10. The number of aromatic hydroxyl groups is 1. The maximum atomic E-state index is 12.0. The fraction of sp³-hybridized carbons (Fsp3) is 0.0588. The molecule has 0 amide bonds. The first kappa shape index (κ1) is 16.1. The van der Waals surface area contributed by atoms with Gasteiger partial charge in [-0.05, 0) is 36.4 Å². The molecule has 0 radical (unpaired) electrons. The normalized spacial score (nSPS) is 11.0. The Bertz CT molecular complexity index is 750. The van der Waals surface area contributed by atoms with Crippen molar-refractivity contribution in [3.05, 3.63) is 65.7 Å². The van der Waals surface area contributed by atoms with Gasteiger partial charge in [-0.25, -0.2) is 0 Å². The highest BCUT2D eigenvalue weighted by molar-refractivity contribution is 6.09. The Morgan fingerprint density at radius 2 is 1.65 bits per heavy atom. The molecule has 0 atom stereocenters. The number of carbonyl (C=O) groups excluding carboxylic acids is 1. The molecule has 23 heavy (non-hydrogen) atoms. The van der Waals surface area contributed by atoms with E-state index >= 15 is 0 Å². The largest absolute Gasteiger partial charge is 0.507 e. The Morgan fingerprint density at radius 3 is 2.26 bits per heavy atom. The van der Waals surface area contributed by atoms with E-state index < -0.39 is 11.8 Å². The van der Waals surface area contributed by atoms with Crippen LogP contribution in [-0.2, 0) is 4.79 Å². The summed E-state index contributed by atoms with van der Waals surface area (Å²) in [6, 6.07) is 12.3. The maximum Gasteiger partial charge on any atom is 0.322 e. The third kappa shape index (κ3) is 4.34. The zero-order valence-electron chi connectivity index (χ0n) is 12.1. The molecular weight excluding hydrogens is 298 g/mol. The average Bonchev–Trinajstić information content (AvgIpc) is 2.53. The number of nitrogens with one attached hydrogen (secondary N) is 1. The van der Waals surface area contributed by atoms with E-state index in [9.17, 15) is 19.8 Å². The molecule has 0 unspecified atom stereocenters. The Labute approximate surface area is 132 Å². The summed E-state index contributed by atoms with van der Waals surface area (Å²) in [5, 5.41) is 30.9. The van der Waals surface area contributed by atoms with E-state index in [1.54, 1.807) is 36.4 Å². The number of para-hydroxylation sites is 1. The average molecular weight is 313 g/mol. The molecule has 0 heterocycles. The minimum absolute atomic E-state index is 0.0961. The van der Waals surface area contributed by atoms with Crippen molar-refractivity contribution >= 4 is 23.2 Å². The summed E-state index contributed by atoms with van der Waals surface area (Å²) >= 11 is 0. The molecule has 0 saturated carbocycles. The molecule has 0 aliphatic heterocycles. The van der Waals surface area contributed by atoms with Gasteiger partial charge in [0.15, 0.2) is 5.78 Å². The predicted molar refractivity (Wildman–Crippen MR) is 85.6 cm³/mol. The lowest BCUT2D eigenvalue weighted by Gasteiger charge is -2.05. The zero-order chi connectivity index (χ0) is 16.8. The molecule has 2 rings (SSSR count). The molecule has 0 fully saturated rings. The molecule has 2 aromatic carbocycles. The lowest BCUT2D eigenvalue weighted by molar-refractivity contribution is -0.134. The van der Waals surface area contributed by atoms with Crippen LogP contribution in [-0.4, -0.2) is 33.6 Å². The van der Waals surface area contributed by atoms with Crippen molar-refractivity contribution in [2.75, 3.05) is 11.9 Å². The first-order valence-corrected chi connectivity index (χ1v) is 6.76. The summed E-state index contributed by atoms with van der Waals surface area (Å²) in [5.41, 5.74) is 1.07. The summed E-state index contributed by atoms with van der Waals surface area (Å²) < 4.78 is 0. The fourth-order valence-corrected chi connectivity index (χ4v) is 1.90. The summed E-state index contributed by atoms with van der Waals surface area (Å²) in [7, 11) is 0. The van der Waals surface area contributed by atoms with Gasteiger partial charge in [0.25, 0.3) is 0 Å². The minimum Gasteiger partial charge on any atom is -0.507 e. The van der Waals surface area contributed by atoms with Crippen LogP contribution in [0.5, 0.6) is 5.75 Å². The summed E-state index contributed by atoms with van der Waals surface area (Å²) in [6.45, 7) is -0.215. The maximum absolute atomic E-state index is 12.0. The van der Waals surface area contributed by atoms with Crippen LogP contribution in [0.15, 0.2) is 54.6 Å². The van der Waals surface area contributed by atoms with Gasteiger partial charge in [-0.3, -0.25) is 9.59 Å². The molecule has 0 aromatic heterocycles. The first-order valence-electron chi connectivity index (χ1n) is 6.76. The SMILES string of the molecule is O=C(O)CNc1ccc(C(O)=CC(=O)c2ccccc2O)cc1. The standard InChI is InChI=1S/C17H15NO5/c19-14-4-2-1-3-13(14)16(21)9-15(20)11-5-7-12(8-6-11)18-10-17(22)23/h1-9,18-20H,10H2,(H,22,23). The molecule has 0 saturated heterocycles. The van der Waals surface area contributed by atoms with E-state index in [1.165, 1.54) is 12.1 Å². The monoisotopic (exact) mass is 313 g/mol. The van der Waals surface area contributed by atoms with Gasteiger partial charge in [0, 0.05) is 17.3 Å². The minimum atomic E-state index is -0.981. The molecule has 0 bridgehead atoms. The Kier molecular flexibility index (Phi) is 4.99. The van der Waals surface area contributed by atoms with Gasteiger partial charge in [0.2, 0.25) is 0 Å². The topological polar surface area (TPSA) is 107 Å². The number of benzene rings is 2. The van der Waals surface area contributed by atoms with E-state index in [1.807, 2.05) is 0 Å². The number of phenols is 1. The van der Waals surface area contributed by atoms with E-state index in [4.69, 9.17) is 5.11 Å². The number of ketones is 1. The van der Waals surface area contributed by atoms with E-state index in [0.717, 1.165) is 6.08 Å². The lowest BCUT2D eigenvalue weighted by atomic mass is 10.1. The molecule has 0 spiro atoms. The molecule has 118 valence electrons. The number of phenolic OH excluding ortho intramolecular Hbond substituents is 1. The second kappa shape index (κ2) is 7.13. The van der Waals surface area contributed by atoms with E-state index in [0.29, 0.717) is 11.3 Å². The highest BCUT2D eigenvalue weighted by Crippen LogP contribution is 2.20. The number of hydrogen-bond donors (Lipinski definition) is 4. The molecule has 0 aliphatic carbocycles. The number of anilines is 1. The Balaban J connectivity index is 2.13. The van der Waals surface area contributed by atoms with Gasteiger partial charge < -0.3 is 20.6 Å². The van der Waals surface area contributed by atoms with Crippen molar-refractivity contribution in [2.24, 2.45) is 0 Å². The second-order valence-corrected chi connectivity index (χ2v) is 4.74. The van der Waals surface area contributed by atoms with Crippen LogP contribution in [0.1, 0.15) is 15.9 Å². The van der Waals surface area contributed by atoms with E-state index in [2.05, 4.69) is 5.32 Å². The lowest BCUT2D eigenvalue weighted by Crippen LogP contribution is -2.12. The Morgan fingerprint density at radius 1 is 1.00 bits per heavy atom. The predicted octanol–water partition coefficient (Wildman–Crippen LogP) is 2.67. The first-order chi connectivity index (χ1) is 11.0. The summed E-state index contributed by atoms with van der Waals surface area (Å²) in [5.74, 6) is -1.91. The summed E-state index contributed by atoms with van der Waals surface area (Å²) in [4.78, 5) is 22.5. The molecular formula is C17H15NO5. The van der Waals surface area contributed by atoms with Crippen LogP contribution in [0.25, 0.3) is 5.76 Å². The smallest absolute Gasteiger partial charge is 0.322 e. The van der Waals surface area contributed by atoms with Crippen molar-refractivity contribution in [3.8, 4) is 5.75 Å². The van der Waals surface area contributed by atoms with Crippen LogP contribution in [0, 0.1) is 0 Å². The highest BCUT2D eigenvalue weighted by atomic mass is 16.4. The molecule has 4 N–H and O–H groups in total. The van der Waals surface area contributed by atoms with Crippen molar-refractivity contribution in [3.63, 3.8) is 0 Å². The molecule has 6 nitrogen and oxygen atoms in total. The van der Waals surface area contributed by atoms with Gasteiger partial charge in [0.1, 0.15) is 18.1 Å². The number of aliphatic hydroxyl groups is 1. The van der Waals surface area contributed by atoms with Crippen LogP contribution >= 0.6 is 0 Å². The third-order valence-corrected chi connectivity index (χ3v) is 3.06. The number of carboxylic acid groups (broad SMARTS) is 1. The van der Waals surface area contributed by atoms with Gasteiger partial charge in [0.05, 0.1) is 5.56 Å². The van der Waals surface area contributed by atoms with Crippen molar-refractivity contribution in [2.45, 2.75) is 0 Å². The molecule has 2 aromatic rings. The second-order valence-electron chi connectivity index (χ2n) is 4.74. The number of rotatable bonds is 6. The third-order valence-electron chi connectivity index (χ3n) is 3.06. The van der Waals surface area contributed by atoms with Crippen molar-refractivity contribution < 1.29 is 24.9 Å². The fourth-order valence-electron chi connectivity index (χ4n) is 1.90. The number of aliphatic hydroxyl groups excluding tert-OH is 1. The van der Waals surface area contributed by atoms with Gasteiger partial charge in [-0.1, -0.05) is 12.1 Å². The number of hydrogen-bond acceptors (Lipinski definition) is 5. The number of carboxylic acids is 1. The van der Waals surface area contributed by atoms with Crippen LogP contribution in [0.4, 0.5) is 5.69 Å². The molecule has 0 aliphatic rings.